The predicted molar refractivity (Wildman–Crippen MR) is 50.9 cm³/mol. The number of hydrogen-bond donors (Lipinski definition) is 3. The molecule has 0 aromatic carbocycles. The van der Waals surface area contributed by atoms with Gasteiger partial charge in [-0.05, 0) is 0 Å². The lowest BCUT2D eigenvalue weighted by atomic mass is 9.92. The molecule has 0 saturated carbocycles. The Balaban J connectivity index is 2.63. The Bertz CT molecular complexity index is 150. The van der Waals surface area contributed by atoms with Gasteiger partial charge < -0.3 is 20.1 Å². The van der Waals surface area contributed by atoms with Crippen molar-refractivity contribution in [2.75, 3.05) is 4.43 Å². The highest BCUT2D eigenvalue weighted by molar-refractivity contribution is 14.1. The molecule has 1 aliphatic rings. The first-order valence-electron chi connectivity index (χ1n) is 3.83. The minimum Gasteiger partial charge on any atom is -0.390 e. The van der Waals surface area contributed by atoms with Crippen LogP contribution in [0.2, 0.25) is 0 Å². The summed E-state index contributed by atoms with van der Waals surface area (Å²) in [5, 5.41) is 27.8. The van der Waals surface area contributed by atoms with Crippen molar-refractivity contribution in [2.45, 2.75) is 31.5 Å². The molecule has 1 unspecified atom stereocenters. The highest BCUT2D eigenvalue weighted by atomic mass is 127. The van der Waals surface area contributed by atoms with Crippen LogP contribution in [0.1, 0.15) is 6.92 Å². The molecule has 0 radical (unpaired) electrons. The smallest absolute Gasteiger partial charge is 0.183 e. The summed E-state index contributed by atoms with van der Waals surface area (Å²) in [7, 11) is 0. The fourth-order valence-corrected chi connectivity index (χ4v) is 2.27. The first kappa shape index (κ1) is 10.6. The zero-order valence-corrected chi connectivity index (χ0v) is 8.88. The van der Waals surface area contributed by atoms with Gasteiger partial charge in [0, 0.05) is 10.3 Å². The van der Waals surface area contributed by atoms with Crippen LogP contribution >= 0.6 is 22.6 Å². The van der Waals surface area contributed by atoms with E-state index in [0.717, 1.165) is 0 Å². The van der Waals surface area contributed by atoms with Gasteiger partial charge in [0.1, 0.15) is 6.10 Å². The zero-order chi connectivity index (χ0) is 9.30. The first-order chi connectivity index (χ1) is 5.57. The van der Waals surface area contributed by atoms with Gasteiger partial charge in [-0.2, -0.15) is 0 Å². The quantitative estimate of drug-likeness (QED) is 0.449. The van der Waals surface area contributed by atoms with Crippen LogP contribution in [-0.4, -0.2) is 44.3 Å². The number of hydrogen-bond acceptors (Lipinski definition) is 4. The zero-order valence-electron chi connectivity index (χ0n) is 6.72. The Hall–Kier alpha value is 0.570. The Morgan fingerprint density at radius 2 is 1.83 bits per heavy atom. The fraction of sp³-hybridized carbons (Fsp3) is 1.00. The third-order valence-corrected chi connectivity index (χ3v) is 3.10. The summed E-state index contributed by atoms with van der Waals surface area (Å²) in [4.78, 5) is 0. The Morgan fingerprint density at radius 1 is 1.25 bits per heavy atom. The van der Waals surface area contributed by atoms with Crippen LogP contribution in [-0.2, 0) is 4.74 Å². The summed E-state index contributed by atoms with van der Waals surface area (Å²) >= 11 is 2.12. The van der Waals surface area contributed by atoms with Gasteiger partial charge in [-0.1, -0.05) is 29.5 Å². The molecule has 0 aromatic rings. The second-order valence-corrected chi connectivity index (χ2v) is 3.94. The molecular formula is C7H13IO4. The van der Waals surface area contributed by atoms with Crippen LogP contribution in [0.15, 0.2) is 0 Å². The van der Waals surface area contributed by atoms with Gasteiger partial charge in [-0.15, -0.1) is 0 Å². The maximum absolute atomic E-state index is 9.42. The monoisotopic (exact) mass is 288 g/mol. The van der Waals surface area contributed by atoms with Crippen molar-refractivity contribution in [2.24, 2.45) is 5.92 Å². The lowest BCUT2D eigenvalue weighted by Crippen LogP contribution is -2.53. The third kappa shape index (κ3) is 1.90. The van der Waals surface area contributed by atoms with Crippen molar-refractivity contribution in [3.05, 3.63) is 0 Å². The van der Waals surface area contributed by atoms with Crippen molar-refractivity contribution in [1.29, 1.82) is 0 Å². The normalized spacial score (nSPS) is 49.2. The number of halogens is 1. The molecule has 1 saturated heterocycles. The number of aliphatic hydroxyl groups excluding tert-OH is 3. The van der Waals surface area contributed by atoms with E-state index in [1.165, 1.54) is 0 Å². The predicted octanol–water partition coefficient (Wildman–Crippen LogP) is -0.504. The highest BCUT2D eigenvalue weighted by Crippen LogP contribution is 2.25. The molecule has 0 amide bonds. The minimum absolute atomic E-state index is 0.139. The second-order valence-electron chi connectivity index (χ2n) is 3.06. The van der Waals surface area contributed by atoms with Gasteiger partial charge in [-0.3, -0.25) is 0 Å². The molecule has 5 heteroatoms. The molecule has 1 heterocycles. The molecule has 5 atom stereocenters. The van der Waals surface area contributed by atoms with E-state index >= 15 is 0 Å². The van der Waals surface area contributed by atoms with E-state index in [1.807, 2.05) is 0 Å². The first-order valence-corrected chi connectivity index (χ1v) is 5.36. The van der Waals surface area contributed by atoms with Crippen molar-refractivity contribution in [1.82, 2.24) is 0 Å². The lowest BCUT2D eigenvalue weighted by molar-refractivity contribution is -0.260. The van der Waals surface area contributed by atoms with E-state index in [-0.39, 0.29) is 12.0 Å². The molecule has 0 aromatic heterocycles. The van der Waals surface area contributed by atoms with Gasteiger partial charge in [0.15, 0.2) is 6.29 Å². The highest BCUT2D eigenvalue weighted by Gasteiger charge is 2.40. The molecule has 1 fully saturated rings. The summed E-state index contributed by atoms with van der Waals surface area (Å²) < 4.78 is 5.76. The van der Waals surface area contributed by atoms with E-state index in [0.29, 0.717) is 4.43 Å². The van der Waals surface area contributed by atoms with Crippen LogP contribution in [0.5, 0.6) is 0 Å². The van der Waals surface area contributed by atoms with E-state index in [1.54, 1.807) is 6.92 Å². The van der Waals surface area contributed by atoms with Gasteiger partial charge in [0.2, 0.25) is 0 Å². The van der Waals surface area contributed by atoms with Gasteiger partial charge in [-0.25, -0.2) is 0 Å². The largest absolute Gasteiger partial charge is 0.390 e. The molecular weight excluding hydrogens is 275 g/mol. The van der Waals surface area contributed by atoms with Crippen molar-refractivity contribution >= 4 is 22.6 Å². The van der Waals surface area contributed by atoms with Crippen LogP contribution in [0.3, 0.4) is 0 Å². The van der Waals surface area contributed by atoms with E-state index in [4.69, 9.17) is 9.84 Å². The van der Waals surface area contributed by atoms with Crippen molar-refractivity contribution in [3.63, 3.8) is 0 Å². The average molecular weight is 288 g/mol. The number of ether oxygens (including phenoxy) is 1. The van der Waals surface area contributed by atoms with E-state index in [9.17, 15) is 10.2 Å². The molecule has 72 valence electrons. The molecule has 0 bridgehead atoms. The molecule has 0 aliphatic carbocycles. The number of alkyl halides is 1. The summed E-state index contributed by atoms with van der Waals surface area (Å²) in [6.45, 7) is 1.79. The second kappa shape index (κ2) is 4.19. The van der Waals surface area contributed by atoms with Crippen LogP contribution < -0.4 is 0 Å². The van der Waals surface area contributed by atoms with E-state index in [2.05, 4.69) is 22.6 Å². The molecule has 4 nitrogen and oxygen atoms in total. The summed E-state index contributed by atoms with van der Waals surface area (Å²) in [6.07, 6.45) is -3.51. The lowest BCUT2D eigenvalue weighted by Gasteiger charge is -2.38. The molecule has 0 spiro atoms. The molecule has 12 heavy (non-hydrogen) atoms. The standard InChI is InChI=1S/C7H13IO4/c1-3-4(2-8)12-7(11)6(10)5(3)9/h3-7,9-11H,2H2,1H3/t3-,4+,5+,6+,7?/m1/s1. The van der Waals surface area contributed by atoms with E-state index < -0.39 is 18.5 Å². The third-order valence-electron chi connectivity index (χ3n) is 2.23. The summed E-state index contributed by atoms with van der Waals surface area (Å²) in [6, 6.07) is 0. The van der Waals surface area contributed by atoms with Gasteiger partial charge in [0.25, 0.3) is 0 Å². The summed E-state index contributed by atoms with van der Waals surface area (Å²) in [5.41, 5.74) is 0. The van der Waals surface area contributed by atoms with Crippen LogP contribution in [0.25, 0.3) is 0 Å². The summed E-state index contributed by atoms with van der Waals surface area (Å²) in [5.74, 6) is -0.139. The van der Waals surface area contributed by atoms with Crippen LogP contribution in [0.4, 0.5) is 0 Å². The SMILES string of the molecule is C[C@H]1[C@H](O)[C@H](O)C(O)O[C@H]1CI. The molecule has 1 rings (SSSR count). The van der Waals surface area contributed by atoms with Gasteiger partial charge >= 0.3 is 0 Å². The van der Waals surface area contributed by atoms with Crippen molar-refractivity contribution < 1.29 is 20.1 Å². The average Bonchev–Trinajstić information content (AvgIpc) is 2.08. The number of rotatable bonds is 1. The number of aliphatic hydroxyl groups is 3. The molecule has 1 aliphatic heterocycles. The maximum atomic E-state index is 9.42. The fourth-order valence-electron chi connectivity index (χ4n) is 1.26. The van der Waals surface area contributed by atoms with Crippen molar-refractivity contribution in [3.8, 4) is 0 Å². The van der Waals surface area contributed by atoms with Gasteiger partial charge in [0.05, 0.1) is 12.2 Å². The minimum atomic E-state index is -1.25. The Labute approximate surface area is 84.7 Å². The van der Waals surface area contributed by atoms with Crippen LogP contribution in [0, 0.1) is 5.92 Å². The Morgan fingerprint density at radius 3 is 2.33 bits per heavy atom. The molecule has 3 N–H and O–H groups in total. The Kier molecular flexibility index (Phi) is 3.72. The topological polar surface area (TPSA) is 69.9 Å². The maximum Gasteiger partial charge on any atom is 0.183 e.